The fourth-order valence-electron chi connectivity index (χ4n) is 2.57. The Bertz CT molecular complexity index is 820. The van der Waals surface area contributed by atoms with Crippen LogP contribution >= 0.6 is 15.6 Å². The van der Waals surface area contributed by atoms with Crippen LogP contribution in [0.1, 0.15) is 27.7 Å². The number of carbonyl (C=O) groups is 4. The summed E-state index contributed by atoms with van der Waals surface area (Å²) in [6.45, 7) is 2.82. The Kier molecular flexibility index (Phi) is 9.93. The molecule has 3 N–H and O–H groups in total. The van der Waals surface area contributed by atoms with Gasteiger partial charge in [-0.1, -0.05) is 0 Å². The molecule has 0 aromatic heterocycles. The molecule has 0 aromatic rings. The number of carbonyl (C=O) groups excluding carboxylic acids is 4. The molecule has 0 amide bonds. The molecule has 2 unspecified atom stereocenters. The van der Waals surface area contributed by atoms with E-state index in [2.05, 4.69) is 8.83 Å². The normalized spacial score (nSPS) is 27.5. The zero-order valence-corrected chi connectivity index (χ0v) is 18.9. The average Bonchev–Trinajstić information content (AvgIpc) is 2.54. The maximum atomic E-state index is 11.7. The molecule has 32 heavy (non-hydrogen) atoms. The van der Waals surface area contributed by atoms with Gasteiger partial charge in [-0.15, -0.1) is 0 Å². The summed E-state index contributed by atoms with van der Waals surface area (Å²) in [4.78, 5) is 73.0. The molecule has 0 aliphatic carbocycles. The van der Waals surface area contributed by atoms with E-state index in [1.807, 2.05) is 0 Å². The lowest BCUT2D eigenvalue weighted by molar-refractivity contribution is -0.299. The maximum Gasteiger partial charge on any atom is 0.481 e. The van der Waals surface area contributed by atoms with Gasteiger partial charge in [0.25, 0.3) is 0 Å². The Hall–Kier alpha value is -1.90. The highest BCUT2D eigenvalue weighted by atomic mass is 31.3. The van der Waals surface area contributed by atoms with E-state index in [1.54, 1.807) is 0 Å². The van der Waals surface area contributed by atoms with Crippen LogP contribution in [-0.2, 0) is 60.8 Å². The summed E-state index contributed by atoms with van der Waals surface area (Å²) in [5, 5.41) is 0. The van der Waals surface area contributed by atoms with Crippen LogP contribution in [0.2, 0.25) is 0 Å². The molecule has 6 atom stereocenters. The Morgan fingerprint density at radius 3 is 1.62 bits per heavy atom. The van der Waals surface area contributed by atoms with E-state index in [-0.39, 0.29) is 0 Å². The second kappa shape index (κ2) is 11.3. The first-order valence-electron chi connectivity index (χ1n) is 8.59. The van der Waals surface area contributed by atoms with Crippen LogP contribution in [-0.4, -0.2) is 75.9 Å². The first kappa shape index (κ1) is 28.1. The standard InChI is InChI=1S/C14H22O16P2/c1-6(15)25-11-10(5-24-32(22,23)30-31(19,20)21)29-14(28-9(4)18)13(27-8(3)17)12(11)26-7(2)16/h10-14H,5H2,1-4H3,(H,22,23)(H2,19,20,21)/t10-,11-,12+,13+,14?/m1/s1. The van der Waals surface area contributed by atoms with E-state index in [4.69, 9.17) is 33.5 Å². The molecule has 1 aliphatic rings. The summed E-state index contributed by atoms with van der Waals surface area (Å²) in [6.07, 6.45) is -8.33. The zero-order valence-electron chi connectivity index (χ0n) is 17.1. The van der Waals surface area contributed by atoms with E-state index >= 15 is 0 Å². The highest BCUT2D eigenvalue weighted by Crippen LogP contribution is 2.57. The second-order valence-electron chi connectivity index (χ2n) is 6.21. The first-order chi connectivity index (χ1) is 14.5. The molecule has 0 radical (unpaired) electrons. The number of esters is 4. The molecule has 0 saturated carbocycles. The lowest BCUT2D eigenvalue weighted by Gasteiger charge is -2.43. The van der Waals surface area contributed by atoms with Crippen LogP contribution in [0.4, 0.5) is 0 Å². The monoisotopic (exact) mass is 508 g/mol. The van der Waals surface area contributed by atoms with Crippen molar-refractivity contribution in [3.05, 3.63) is 0 Å². The van der Waals surface area contributed by atoms with Gasteiger partial charge >= 0.3 is 39.5 Å². The Morgan fingerprint density at radius 1 is 0.750 bits per heavy atom. The van der Waals surface area contributed by atoms with E-state index < -0.39 is 76.8 Å². The maximum absolute atomic E-state index is 11.7. The van der Waals surface area contributed by atoms with Crippen LogP contribution in [0.5, 0.6) is 0 Å². The highest BCUT2D eigenvalue weighted by molar-refractivity contribution is 7.60. The van der Waals surface area contributed by atoms with Crippen molar-refractivity contribution >= 4 is 39.5 Å². The third kappa shape index (κ3) is 9.71. The minimum Gasteiger partial charge on any atom is -0.456 e. The fraction of sp³-hybridized carbons (Fsp3) is 0.714. The van der Waals surface area contributed by atoms with Crippen molar-refractivity contribution in [2.75, 3.05) is 6.61 Å². The molecule has 18 heteroatoms. The smallest absolute Gasteiger partial charge is 0.456 e. The lowest BCUT2D eigenvalue weighted by atomic mass is 9.98. The molecule has 1 rings (SSSR count). The van der Waals surface area contributed by atoms with Crippen molar-refractivity contribution in [1.82, 2.24) is 0 Å². The van der Waals surface area contributed by atoms with E-state index in [0.29, 0.717) is 0 Å². The van der Waals surface area contributed by atoms with Crippen LogP contribution in [0, 0.1) is 0 Å². The van der Waals surface area contributed by atoms with Gasteiger partial charge in [0.1, 0.15) is 6.10 Å². The summed E-state index contributed by atoms with van der Waals surface area (Å²) in [5.74, 6) is -3.74. The number of rotatable bonds is 9. The van der Waals surface area contributed by atoms with Gasteiger partial charge in [-0.05, 0) is 0 Å². The molecule has 1 aliphatic heterocycles. The molecule has 0 spiro atoms. The van der Waals surface area contributed by atoms with Crippen molar-refractivity contribution in [3.63, 3.8) is 0 Å². The van der Waals surface area contributed by atoms with E-state index in [9.17, 15) is 33.2 Å². The Morgan fingerprint density at radius 2 is 1.19 bits per heavy atom. The molecule has 0 bridgehead atoms. The van der Waals surface area contributed by atoms with Crippen molar-refractivity contribution in [3.8, 4) is 0 Å². The number of hydrogen-bond donors (Lipinski definition) is 3. The molecule has 0 aromatic carbocycles. The third-order valence-corrected chi connectivity index (χ3v) is 5.54. The Labute approximate surface area is 180 Å². The predicted octanol–water partition coefficient (Wildman–Crippen LogP) is -0.704. The van der Waals surface area contributed by atoms with Gasteiger partial charge in [-0.2, -0.15) is 4.31 Å². The van der Waals surface area contributed by atoms with Gasteiger partial charge in [-0.3, -0.25) is 23.7 Å². The summed E-state index contributed by atoms with van der Waals surface area (Å²) in [6, 6.07) is 0. The van der Waals surface area contributed by atoms with Crippen molar-refractivity contribution < 1.29 is 75.5 Å². The third-order valence-electron chi connectivity index (χ3n) is 3.39. The van der Waals surface area contributed by atoms with E-state index in [1.165, 1.54) is 0 Å². The molecule has 184 valence electrons. The van der Waals surface area contributed by atoms with Gasteiger partial charge in [0.15, 0.2) is 12.2 Å². The minimum atomic E-state index is -5.44. The molecule has 1 saturated heterocycles. The van der Waals surface area contributed by atoms with Gasteiger partial charge in [0.2, 0.25) is 12.4 Å². The van der Waals surface area contributed by atoms with Crippen LogP contribution in [0.15, 0.2) is 0 Å². The van der Waals surface area contributed by atoms with Crippen molar-refractivity contribution in [2.45, 2.75) is 58.4 Å². The van der Waals surface area contributed by atoms with Gasteiger partial charge in [0.05, 0.1) is 6.61 Å². The number of phosphoric acid groups is 2. The molecule has 16 nitrogen and oxygen atoms in total. The SMILES string of the molecule is CC(=O)OC1O[C@H](COP(=O)(O)OP(=O)(O)O)[C@@H](OC(C)=O)[C@H](OC(C)=O)[C@@H]1OC(C)=O. The van der Waals surface area contributed by atoms with Gasteiger partial charge in [-0.25, -0.2) is 9.13 Å². The topological polar surface area (TPSA) is 228 Å². The zero-order chi connectivity index (χ0) is 24.9. The lowest BCUT2D eigenvalue weighted by Crippen LogP contribution is -2.63. The predicted molar refractivity (Wildman–Crippen MR) is 96.0 cm³/mol. The summed E-state index contributed by atoms with van der Waals surface area (Å²) < 4.78 is 56.0. The Balaban J connectivity index is 3.32. The van der Waals surface area contributed by atoms with Crippen LogP contribution < -0.4 is 0 Å². The number of ether oxygens (including phenoxy) is 5. The quantitative estimate of drug-likeness (QED) is 0.199. The average molecular weight is 508 g/mol. The van der Waals surface area contributed by atoms with Crippen LogP contribution in [0.25, 0.3) is 0 Å². The highest BCUT2D eigenvalue weighted by Gasteiger charge is 2.54. The summed E-state index contributed by atoms with van der Waals surface area (Å²) in [5.41, 5.74) is 0. The van der Waals surface area contributed by atoms with E-state index in [0.717, 1.165) is 27.7 Å². The first-order valence-corrected chi connectivity index (χ1v) is 11.6. The molecule has 1 heterocycles. The summed E-state index contributed by atoms with van der Waals surface area (Å²) in [7, 11) is -10.8. The van der Waals surface area contributed by atoms with Crippen molar-refractivity contribution in [2.24, 2.45) is 0 Å². The van der Waals surface area contributed by atoms with Crippen LogP contribution in [0.3, 0.4) is 0 Å². The largest absolute Gasteiger partial charge is 0.481 e. The number of hydrogen-bond acceptors (Lipinski definition) is 13. The second-order valence-corrected chi connectivity index (χ2v) is 9.04. The minimum absolute atomic E-state index is 0.918. The van der Waals surface area contributed by atoms with Gasteiger partial charge < -0.3 is 38.4 Å². The summed E-state index contributed by atoms with van der Waals surface area (Å²) >= 11 is 0. The molecule has 1 fully saturated rings. The number of phosphoric ester groups is 1. The molecular formula is C14H22O16P2. The van der Waals surface area contributed by atoms with Crippen molar-refractivity contribution in [1.29, 1.82) is 0 Å². The molecular weight excluding hydrogens is 486 g/mol. The fourth-order valence-corrected chi connectivity index (χ4v) is 4.17. The van der Waals surface area contributed by atoms with Gasteiger partial charge in [0, 0.05) is 27.7 Å².